The fourth-order valence-corrected chi connectivity index (χ4v) is 0.700. The van der Waals surface area contributed by atoms with Crippen LogP contribution in [0.1, 0.15) is 5.69 Å². The van der Waals surface area contributed by atoms with Crippen molar-refractivity contribution in [2.75, 3.05) is 0 Å². The molecule has 1 heterocycles. The molecule has 3 N–H and O–H groups in total. The van der Waals surface area contributed by atoms with Gasteiger partial charge in [0.05, 0.1) is 6.04 Å². The van der Waals surface area contributed by atoms with E-state index >= 15 is 0 Å². The number of hydrogen-bond acceptors (Lipinski definition) is 3. The van der Waals surface area contributed by atoms with Gasteiger partial charge in [-0.05, 0) is 6.07 Å². The molecule has 0 aliphatic rings. The molecular weight excluding hydrogens is 130 g/mol. The van der Waals surface area contributed by atoms with Crippen molar-refractivity contribution in [1.29, 1.82) is 0 Å². The zero-order valence-electron chi connectivity index (χ0n) is 5.45. The molecular formula is C6H9N3O. The van der Waals surface area contributed by atoms with E-state index < -0.39 is 6.04 Å². The molecule has 1 aromatic heterocycles. The molecule has 1 unspecified atom stereocenters. The van der Waals surface area contributed by atoms with Crippen LogP contribution < -0.4 is 5.73 Å². The molecule has 4 heteroatoms. The zero-order chi connectivity index (χ0) is 7.40. The third kappa shape index (κ3) is 1.66. The average Bonchev–Trinajstić information content (AvgIpc) is 2.40. The number of aromatic amines is 1. The minimum Gasteiger partial charge on any atom is -0.321 e. The second kappa shape index (κ2) is 3.12. The van der Waals surface area contributed by atoms with Crippen LogP contribution in [0.5, 0.6) is 0 Å². The van der Waals surface area contributed by atoms with Gasteiger partial charge in [-0.25, -0.2) is 0 Å². The maximum Gasteiger partial charge on any atom is 0.137 e. The lowest BCUT2D eigenvalue weighted by molar-refractivity contribution is -0.108. The van der Waals surface area contributed by atoms with E-state index in [0.29, 0.717) is 6.42 Å². The minimum atomic E-state index is -0.416. The summed E-state index contributed by atoms with van der Waals surface area (Å²) in [6.07, 6.45) is 2.89. The first-order valence-corrected chi connectivity index (χ1v) is 3.02. The Morgan fingerprint density at radius 1 is 1.90 bits per heavy atom. The summed E-state index contributed by atoms with van der Waals surface area (Å²) in [5.74, 6) is 0. The van der Waals surface area contributed by atoms with Crippen molar-refractivity contribution in [1.82, 2.24) is 10.2 Å². The van der Waals surface area contributed by atoms with Crippen molar-refractivity contribution in [3.05, 3.63) is 18.0 Å². The van der Waals surface area contributed by atoms with E-state index in [1.165, 1.54) is 0 Å². The summed E-state index contributed by atoms with van der Waals surface area (Å²) < 4.78 is 0. The van der Waals surface area contributed by atoms with E-state index in [9.17, 15) is 4.79 Å². The first kappa shape index (κ1) is 6.95. The molecule has 1 atom stereocenters. The van der Waals surface area contributed by atoms with Crippen LogP contribution in [0.15, 0.2) is 12.3 Å². The molecule has 0 aromatic carbocycles. The number of carbonyl (C=O) groups is 1. The molecule has 0 saturated carbocycles. The van der Waals surface area contributed by atoms with E-state index in [4.69, 9.17) is 5.73 Å². The number of hydrogen-bond donors (Lipinski definition) is 2. The Hall–Kier alpha value is -1.16. The summed E-state index contributed by atoms with van der Waals surface area (Å²) in [7, 11) is 0. The molecule has 1 aromatic rings. The zero-order valence-corrected chi connectivity index (χ0v) is 5.45. The van der Waals surface area contributed by atoms with Crippen LogP contribution in [-0.4, -0.2) is 22.5 Å². The van der Waals surface area contributed by atoms with Crippen molar-refractivity contribution in [3.63, 3.8) is 0 Å². The third-order valence-corrected chi connectivity index (χ3v) is 1.19. The summed E-state index contributed by atoms with van der Waals surface area (Å²) in [4.78, 5) is 10.1. The van der Waals surface area contributed by atoms with Gasteiger partial charge in [-0.3, -0.25) is 5.10 Å². The normalized spacial score (nSPS) is 12.9. The first-order valence-electron chi connectivity index (χ1n) is 3.02. The number of rotatable bonds is 3. The Bertz CT molecular complexity index is 195. The SMILES string of the molecule is NC(C=O)Cc1ccn[nH]1. The van der Waals surface area contributed by atoms with E-state index in [-0.39, 0.29) is 0 Å². The van der Waals surface area contributed by atoms with Crippen molar-refractivity contribution < 1.29 is 4.79 Å². The fourth-order valence-electron chi connectivity index (χ4n) is 0.700. The molecule has 0 aliphatic carbocycles. The highest BCUT2D eigenvalue weighted by Gasteiger charge is 2.01. The van der Waals surface area contributed by atoms with Crippen LogP contribution in [0.4, 0.5) is 0 Å². The van der Waals surface area contributed by atoms with Gasteiger partial charge in [0.15, 0.2) is 0 Å². The number of carbonyl (C=O) groups excluding carboxylic acids is 1. The minimum absolute atomic E-state index is 0.416. The largest absolute Gasteiger partial charge is 0.321 e. The monoisotopic (exact) mass is 139 g/mol. The van der Waals surface area contributed by atoms with Crippen LogP contribution in [0, 0.1) is 0 Å². The highest BCUT2D eigenvalue weighted by atomic mass is 16.1. The van der Waals surface area contributed by atoms with Crippen LogP contribution in [0.2, 0.25) is 0 Å². The molecule has 0 aliphatic heterocycles. The van der Waals surface area contributed by atoms with Gasteiger partial charge in [0.1, 0.15) is 6.29 Å². The van der Waals surface area contributed by atoms with Crippen LogP contribution in [0.3, 0.4) is 0 Å². The quantitative estimate of drug-likeness (QED) is 0.553. The standard InChI is InChI=1S/C6H9N3O/c7-5(4-10)3-6-1-2-8-9-6/h1-2,4-5H,3,7H2,(H,8,9). The van der Waals surface area contributed by atoms with Gasteiger partial charge >= 0.3 is 0 Å². The van der Waals surface area contributed by atoms with Gasteiger partial charge in [-0.2, -0.15) is 5.10 Å². The molecule has 0 spiro atoms. The lowest BCUT2D eigenvalue weighted by Crippen LogP contribution is -2.24. The molecule has 4 nitrogen and oxygen atoms in total. The second-order valence-corrected chi connectivity index (χ2v) is 2.09. The lowest BCUT2D eigenvalue weighted by Gasteiger charge is -1.98. The summed E-state index contributed by atoms with van der Waals surface area (Å²) >= 11 is 0. The molecule has 0 fully saturated rings. The van der Waals surface area contributed by atoms with Gasteiger partial charge < -0.3 is 10.5 Å². The smallest absolute Gasteiger partial charge is 0.137 e. The number of aldehydes is 1. The van der Waals surface area contributed by atoms with E-state index in [1.807, 2.05) is 0 Å². The van der Waals surface area contributed by atoms with Crippen molar-refractivity contribution in [2.24, 2.45) is 5.73 Å². The first-order chi connectivity index (χ1) is 4.83. The second-order valence-electron chi connectivity index (χ2n) is 2.09. The summed E-state index contributed by atoms with van der Waals surface area (Å²) in [5.41, 5.74) is 6.24. The number of aromatic nitrogens is 2. The van der Waals surface area contributed by atoms with E-state index in [1.54, 1.807) is 12.3 Å². The number of nitrogens with two attached hydrogens (primary N) is 1. The summed E-state index contributed by atoms with van der Waals surface area (Å²) in [5, 5.41) is 6.43. The average molecular weight is 139 g/mol. The lowest BCUT2D eigenvalue weighted by atomic mass is 10.2. The Balaban J connectivity index is 2.47. The van der Waals surface area contributed by atoms with Gasteiger partial charge in [0.2, 0.25) is 0 Å². The summed E-state index contributed by atoms with van der Waals surface area (Å²) in [6.45, 7) is 0. The molecule has 0 bridgehead atoms. The highest BCUT2D eigenvalue weighted by Crippen LogP contribution is 1.93. The van der Waals surface area contributed by atoms with Gasteiger partial charge in [-0.15, -0.1) is 0 Å². The maximum atomic E-state index is 10.1. The van der Waals surface area contributed by atoms with Crippen LogP contribution in [0.25, 0.3) is 0 Å². The molecule has 1 rings (SSSR count). The number of nitrogens with one attached hydrogen (secondary N) is 1. The van der Waals surface area contributed by atoms with Gasteiger partial charge in [0, 0.05) is 18.3 Å². The highest BCUT2D eigenvalue weighted by molar-refractivity contribution is 5.57. The van der Waals surface area contributed by atoms with Gasteiger partial charge in [-0.1, -0.05) is 0 Å². The van der Waals surface area contributed by atoms with E-state index in [0.717, 1.165) is 12.0 Å². The fraction of sp³-hybridized carbons (Fsp3) is 0.333. The Morgan fingerprint density at radius 3 is 3.20 bits per heavy atom. The van der Waals surface area contributed by atoms with Gasteiger partial charge in [0.25, 0.3) is 0 Å². The summed E-state index contributed by atoms with van der Waals surface area (Å²) in [6, 6.07) is 1.38. The molecule has 10 heavy (non-hydrogen) atoms. The van der Waals surface area contributed by atoms with Crippen LogP contribution >= 0.6 is 0 Å². The number of nitrogens with zero attached hydrogens (tertiary/aromatic N) is 1. The number of H-pyrrole nitrogens is 1. The Morgan fingerprint density at radius 2 is 2.70 bits per heavy atom. The van der Waals surface area contributed by atoms with Crippen molar-refractivity contribution >= 4 is 6.29 Å². The van der Waals surface area contributed by atoms with Crippen molar-refractivity contribution in [2.45, 2.75) is 12.5 Å². The van der Waals surface area contributed by atoms with Crippen LogP contribution in [-0.2, 0) is 11.2 Å². The topological polar surface area (TPSA) is 71.8 Å². The third-order valence-electron chi connectivity index (χ3n) is 1.19. The Kier molecular flexibility index (Phi) is 2.17. The predicted octanol–water partition coefficient (Wildman–Crippen LogP) is -0.522. The molecule has 0 saturated heterocycles. The molecule has 0 radical (unpaired) electrons. The maximum absolute atomic E-state index is 10.1. The molecule has 54 valence electrons. The molecule has 0 amide bonds. The predicted molar refractivity (Wildman–Crippen MR) is 36.3 cm³/mol. The Labute approximate surface area is 58.4 Å². The van der Waals surface area contributed by atoms with E-state index in [2.05, 4.69) is 10.2 Å². The van der Waals surface area contributed by atoms with Crippen molar-refractivity contribution in [3.8, 4) is 0 Å².